The number of imidazole rings is 1. The van der Waals surface area contributed by atoms with Crippen molar-refractivity contribution >= 4 is 5.91 Å². The summed E-state index contributed by atoms with van der Waals surface area (Å²) in [5, 5.41) is 0. The number of aromatic nitrogens is 2. The van der Waals surface area contributed by atoms with Gasteiger partial charge in [-0.25, -0.2) is 18.2 Å². The zero-order valence-corrected chi connectivity index (χ0v) is 16.6. The van der Waals surface area contributed by atoms with Crippen molar-refractivity contribution < 1.29 is 18.0 Å². The summed E-state index contributed by atoms with van der Waals surface area (Å²) in [5.74, 6) is -2.71. The van der Waals surface area contributed by atoms with Gasteiger partial charge in [0.05, 0.1) is 6.33 Å². The number of amides is 1. The number of carbonyl (C=O) groups excluding carboxylic acids is 1. The Hall–Kier alpha value is -3.09. The van der Waals surface area contributed by atoms with Crippen LogP contribution < -0.4 is 0 Å². The smallest absolute Gasteiger partial charge is 0.274 e. The average molecular weight is 413 g/mol. The van der Waals surface area contributed by atoms with E-state index in [1.807, 2.05) is 0 Å². The Morgan fingerprint density at radius 1 is 1.07 bits per heavy atom. The van der Waals surface area contributed by atoms with Crippen LogP contribution in [0.25, 0.3) is 11.1 Å². The molecule has 0 N–H and O–H groups in total. The number of hydrogen-bond donors (Lipinski definition) is 0. The van der Waals surface area contributed by atoms with Gasteiger partial charge < -0.3 is 9.47 Å². The SMILES string of the molecule is Cn1cnc(C(=O)N(Cc2ccc(F)c(-c3ccc(F)c(F)c3)c2)C2CCCC2)c1. The molecule has 1 saturated carbocycles. The van der Waals surface area contributed by atoms with E-state index in [9.17, 15) is 18.0 Å². The lowest BCUT2D eigenvalue weighted by molar-refractivity contribution is 0.0659. The average Bonchev–Trinajstić information content (AvgIpc) is 3.41. The number of nitrogens with zero attached hydrogens (tertiary/aromatic N) is 3. The molecule has 156 valence electrons. The molecular formula is C23H22F3N3O. The first kappa shape index (κ1) is 20.2. The predicted octanol–water partition coefficient (Wildman–Crippen LogP) is 5.09. The predicted molar refractivity (Wildman–Crippen MR) is 107 cm³/mol. The normalized spacial score (nSPS) is 14.3. The largest absolute Gasteiger partial charge is 0.340 e. The summed E-state index contributed by atoms with van der Waals surface area (Å²) >= 11 is 0. The first-order chi connectivity index (χ1) is 14.4. The highest BCUT2D eigenvalue weighted by molar-refractivity contribution is 5.92. The minimum atomic E-state index is -1.03. The van der Waals surface area contributed by atoms with Gasteiger partial charge >= 0.3 is 0 Å². The highest BCUT2D eigenvalue weighted by Crippen LogP contribution is 2.29. The van der Waals surface area contributed by atoms with E-state index in [1.54, 1.807) is 41.2 Å². The molecule has 1 aromatic heterocycles. The van der Waals surface area contributed by atoms with Gasteiger partial charge in [0.15, 0.2) is 11.6 Å². The zero-order chi connectivity index (χ0) is 21.3. The third kappa shape index (κ3) is 4.10. The number of benzene rings is 2. The van der Waals surface area contributed by atoms with Crippen molar-refractivity contribution in [3.8, 4) is 11.1 Å². The van der Waals surface area contributed by atoms with E-state index >= 15 is 0 Å². The third-order valence-electron chi connectivity index (χ3n) is 5.56. The molecule has 0 radical (unpaired) electrons. The molecule has 0 saturated heterocycles. The van der Waals surface area contributed by atoms with Crippen molar-refractivity contribution in [3.05, 3.63) is 77.6 Å². The van der Waals surface area contributed by atoms with Gasteiger partial charge in [0, 0.05) is 31.4 Å². The summed E-state index contributed by atoms with van der Waals surface area (Å²) in [6, 6.07) is 7.90. The van der Waals surface area contributed by atoms with Crippen molar-refractivity contribution in [3.63, 3.8) is 0 Å². The highest BCUT2D eigenvalue weighted by Gasteiger charge is 2.29. The topological polar surface area (TPSA) is 38.1 Å². The summed E-state index contributed by atoms with van der Waals surface area (Å²) in [6.45, 7) is 0.289. The van der Waals surface area contributed by atoms with E-state index in [0.29, 0.717) is 11.3 Å². The van der Waals surface area contributed by atoms with Crippen molar-refractivity contribution in [1.29, 1.82) is 0 Å². The van der Waals surface area contributed by atoms with E-state index in [4.69, 9.17) is 0 Å². The first-order valence-corrected chi connectivity index (χ1v) is 9.95. The maximum atomic E-state index is 14.4. The van der Waals surface area contributed by atoms with Crippen LogP contribution in [0.4, 0.5) is 13.2 Å². The van der Waals surface area contributed by atoms with Crippen LogP contribution >= 0.6 is 0 Å². The maximum absolute atomic E-state index is 14.4. The molecular weight excluding hydrogens is 391 g/mol. The van der Waals surface area contributed by atoms with Crippen molar-refractivity contribution in [2.24, 2.45) is 7.05 Å². The second kappa shape index (κ2) is 8.34. The number of halogens is 3. The van der Waals surface area contributed by atoms with Crippen LogP contribution in [0, 0.1) is 17.5 Å². The lowest BCUT2D eigenvalue weighted by atomic mass is 10.0. The van der Waals surface area contributed by atoms with E-state index in [1.165, 1.54) is 12.1 Å². The number of hydrogen-bond acceptors (Lipinski definition) is 2. The van der Waals surface area contributed by atoms with Gasteiger partial charge in [0.1, 0.15) is 11.5 Å². The van der Waals surface area contributed by atoms with E-state index in [0.717, 1.165) is 37.8 Å². The van der Waals surface area contributed by atoms with Gasteiger partial charge in [-0.05, 0) is 48.2 Å². The molecule has 1 fully saturated rings. The van der Waals surface area contributed by atoms with Crippen LogP contribution in [-0.4, -0.2) is 26.4 Å². The molecule has 30 heavy (non-hydrogen) atoms. The van der Waals surface area contributed by atoms with Gasteiger partial charge in [0.25, 0.3) is 5.91 Å². The van der Waals surface area contributed by atoms with Crippen LogP contribution in [0.5, 0.6) is 0 Å². The third-order valence-corrected chi connectivity index (χ3v) is 5.56. The molecule has 4 nitrogen and oxygen atoms in total. The molecule has 0 bridgehead atoms. The molecule has 0 aliphatic heterocycles. The standard InChI is InChI=1S/C23H22F3N3O/c1-28-13-22(27-14-28)23(30)29(17-4-2-3-5-17)12-15-6-8-19(24)18(10-15)16-7-9-20(25)21(26)11-16/h6-11,13-14,17H,2-5,12H2,1H3. The van der Waals surface area contributed by atoms with Gasteiger partial charge in [0.2, 0.25) is 0 Å². The Morgan fingerprint density at radius 3 is 2.47 bits per heavy atom. The lowest BCUT2D eigenvalue weighted by Gasteiger charge is -2.28. The molecule has 1 aliphatic rings. The van der Waals surface area contributed by atoms with Crippen molar-refractivity contribution in [2.75, 3.05) is 0 Å². The molecule has 1 amide bonds. The minimum absolute atomic E-state index is 0.0938. The molecule has 1 aliphatic carbocycles. The Bertz CT molecular complexity index is 1070. The fourth-order valence-corrected chi connectivity index (χ4v) is 4.01. The van der Waals surface area contributed by atoms with Crippen molar-refractivity contribution in [2.45, 2.75) is 38.3 Å². The van der Waals surface area contributed by atoms with Crippen molar-refractivity contribution in [1.82, 2.24) is 14.5 Å². The highest BCUT2D eigenvalue weighted by atomic mass is 19.2. The maximum Gasteiger partial charge on any atom is 0.274 e. The van der Waals surface area contributed by atoms with Gasteiger partial charge in [-0.3, -0.25) is 4.79 Å². The van der Waals surface area contributed by atoms with Crippen LogP contribution in [0.3, 0.4) is 0 Å². The second-order valence-electron chi connectivity index (χ2n) is 7.74. The number of carbonyl (C=O) groups is 1. The van der Waals surface area contributed by atoms with Crippen LogP contribution in [0.15, 0.2) is 48.9 Å². The van der Waals surface area contributed by atoms with Gasteiger partial charge in [-0.1, -0.05) is 25.0 Å². The van der Waals surface area contributed by atoms with Gasteiger partial charge in [-0.2, -0.15) is 0 Å². The summed E-state index contributed by atoms with van der Waals surface area (Å²) in [5.41, 5.74) is 1.50. The minimum Gasteiger partial charge on any atom is -0.340 e. The quantitative estimate of drug-likeness (QED) is 0.584. The Labute approximate surface area is 173 Å². The Morgan fingerprint density at radius 2 is 1.80 bits per heavy atom. The molecule has 0 atom stereocenters. The Kier molecular flexibility index (Phi) is 5.61. The Balaban J connectivity index is 1.66. The van der Waals surface area contributed by atoms with Gasteiger partial charge in [-0.15, -0.1) is 0 Å². The fraction of sp³-hybridized carbons (Fsp3) is 0.304. The molecule has 3 aromatic rings. The summed E-state index contributed by atoms with van der Waals surface area (Å²) < 4.78 is 43.1. The number of rotatable bonds is 5. The molecule has 0 unspecified atom stereocenters. The van der Waals surface area contributed by atoms with Crippen LogP contribution in [-0.2, 0) is 13.6 Å². The summed E-state index contributed by atoms with van der Waals surface area (Å²) in [4.78, 5) is 19.1. The number of aryl methyl sites for hydroxylation is 1. The fourth-order valence-electron chi connectivity index (χ4n) is 4.01. The lowest BCUT2D eigenvalue weighted by Crippen LogP contribution is -2.38. The van der Waals surface area contributed by atoms with E-state index < -0.39 is 17.5 Å². The molecule has 4 rings (SSSR count). The molecule has 2 aromatic carbocycles. The molecule has 7 heteroatoms. The van der Waals surface area contributed by atoms with E-state index in [2.05, 4.69) is 4.98 Å². The summed E-state index contributed by atoms with van der Waals surface area (Å²) in [6.07, 6.45) is 7.20. The molecule has 1 heterocycles. The summed E-state index contributed by atoms with van der Waals surface area (Å²) in [7, 11) is 1.80. The monoisotopic (exact) mass is 413 g/mol. The zero-order valence-electron chi connectivity index (χ0n) is 16.6. The second-order valence-corrected chi connectivity index (χ2v) is 7.74. The van der Waals surface area contributed by atoms with Crippen LogP contribution in [0.2, 0.25) is 0 Å². The molecule has 0 spiro atoms. The first-order valence-electron chi connectivity index (χ1n) is 9.95. The van der Waals surface area contributed by atoms with Crippen LogP contribution in [0.1, 0.15) is 41.7 Å². The van der Waals surface area contributed by atoms with E-state index in [-0.39, 0.29) is 29.6 Å².